The number of methoxy groups -OCH3 is 1. The van der Waals surface area contributed by atoms with Crippen LogP contribution < -0.4 is 14.8 Å². The van der Waals surface area contributed by atoms with Crippen LogP contribution in [-0.4, -0.2) is 58.4 Å². The zero-order chi connectivity index (χ0) is 25.8. The Morgan fingerprint density at radius 1 is 1.11 bits per heavy atom. The fourth-order valence-electron chi connectivity index (χ4n) is 3.83. The third-order valence-electron chi connectivity index (χ3n) is 5.28. The van der Waals surface area contributed by atoms with Gasteiger partial charge in [0.2, 0.25) is 0 Å². The van der Waals surface area contributed by atoms with Gasteiger partial charge in [0.25, 0.3) is 5.91 Å². The Morgan fingerprint density at radius 3 is 2.56 bits per heavy atom. The van der Waals surface area contributed by atoms with Gasteiger partial charge < -0.3 is 24.1 Å². The predicted octanol–water partition coefficient (Wildman–Crippen LogP) is 3.94. The van der Waals surface area contributed by atoms with Crippen LogP contribution in [0.3, 0.4) is 0 Å². The van der Waals surface area contributed by atoms with Gasteiger partial charge in [-0.25, -0.2) is 14.6 Å². The molecule has 0 aliphatic carbocycles. The van der Waals surface area contributed by atoms with E-state index < -0.39 is 0 Å². The Hall–Kier alpha value is -4.18. The van der Waals surface area contributed by atoms with Crippen LogP contribution in [0.2, 0.25) is 0 Å². The van der Waals surface area contributed by atoms with Crippen molar-refractivity contribution in [2.45, 2.75) is 27.3 Å². The van der Waals surface area contributed by atoms with Gasteiger partial charge in [0.1, 0.15) is 11.6 Å². The highest BCUT2D eigenvalue weighted by Crippen LogP contribution is 2.31. The molecule has 3 aromatic heterocycles. The molecule has 0 unspecified atom stereocenters. The summed E-state index contributed by atoms with van der Waals surface area (Å²) in [5, 5.41) is 7.31. The van der Waals surface area contributed by atoms with Gasteiger partial charge in [-0.05, 0) is 59.1 Å². The molecule has 0 spiro atoms. The summed E-state index contributed by atoms with van der Waals surface area (Å²) in [6.07, 6.45) is 0. The van der Waals surface area contributed by atoms with Gasteiger partial charge >= 0.3 is 0 Å². The van der Waals surface area contributed by atoms with Crippen molar-refractivity contribution in [3.8, 4) is 28.9 Å². The molecule has 10 nitrogen and oxygen atoms in total. The van der Waals surface area contributed by atoms with Crippen molar-refractivity contribution in [3.05, 3.63) is 65.2 Å². The summed E-state index contributed by atoms with van der Waals surface area (Å²) >= 11 is 0. The van der Waals surface area contributed by atoms with Crippen molar-refractivity contribution in [3.63, 3.8) is 0 Å². The number of carbonyl (C=O) groups excluding carboxylic acids is 1. The monoisotopic (exact) mass is 490 g/mol. The molecule has 0 atom stereocenters. The lowest BCUT2D eigenvalue weighted by atomic mass is 10.2. The number of carbonyl (C=O) groups is 1. The maximum Gasteiger partial charge on any atom is 0.263 e. The van der Waals surface area contributed by atoms with Crippen LogP contribution in [0.15, 0.2) is 46.9 Å². The van der Waals surface area contributed by atoms with Crippen LogP contribution >= 0.6 is 0 Å². The highest BCUT2D eigenvalue weighted by atomic mass is 16.5. The maximum atomic E-state index is 12.8. The second-order valence-corrected chi connectivity index (χ2v) is 8.71. The minimum Gasteiger partial charge on any atom is -0.493 e. The Kier molecular flexibility index (Phi) is 7.35. The van der Waals surface area contributed by atoms with Gasteiger partial charge in [-0.2, -0.15) is 5.10 Å². The van der Waals surface area contributed by atoms with Crippen LogP contribution in [0.4, 0.5) is 5.82 Å². The van der Waals surface area contributed by atoms with E-state index in [0.29, 0.717) is 41.3 Å². The first-order chi connectivity index (χ1) is 17.2. The Morgan fingerprint density at radius 2 is 1.92 bits per heavy atom. The van der Waals surface area contributed by atoms with Crippen molar-refractivity contribution < 1.29 is 18.7 Å². The number of para-hydroxylation sites is 1. The summed E-state index contributed by atoms with van der Waals surface area (Å²) in [5.41, 5.74) is 2.72. The molecule has 1 N–H and O–H groups in total. The highest BCUT2D eigenvalue weighted by Gasteiger charge is 2.16. The van der Waals surface area contributed by atoms with Crippen LogP contribution in [-0.2, 0) is 11.3 Å². The number of aromatic nitrogens is 4. The zero-order valence-corrected chi connectivity index (χ0v) is 21.3. The molecule has 0 aliphatic heterocycles. The maximum absolute atomic E-state index is 12.8. The number of benzene rings is 1. The van der Waals surface area contributed by atoms with Crippen molar-refractivity contribution in [1.29, 1.82) is 0 Å². The third-order valence-corrected chi connectivity index (χ3v) is 5.28. The average Bonchev–Trinajstić information content (AvgIpc) is 3.41. The molecule has 1 aromatic carbocycles. The standard InChI is InChI=1S/C26H30N6O4/c1-16-12-17(2)32(30-16)23-13-22(28-26(29-23)21-11-10-18(3)36-21)27-24(33)15-35-20-9-7-8-19(14-31(4)5)25(20)34-6/h7-13H,14-15H2,1-6H3,(H,27,28,29,33). The van der Waals surface area contributed by atoms with E-state index in [1.54, 1.807) is 30.0 Å². The molecule has 0 bridgehead atoms. The van der Waals surface area contributed by atoms with E-state index in [0.717, 1.165) is 22.7 Å². The molecule has 188 valence electrons. The number of amides is 1. The van der Waals surface area contributed by atoms with E-state index in [4.69, 9.17) is 13.9 Å². The molecule has 10 heteroatoms. The first-order valence-electron chi connectivity index (χ1n) is 11.5. The number of aryl methyl sites for hydroxylation is 3. The van der Waals surface area contributed by atoms with E-state index >= 15 is 0 Å². The predicted molar refractivity (Wildman–Crippen MR) is 136 cm³/mol. The first kappa shape index (κ1) is 24.9. The molecule has 0 radical (unpaired) electrons. The van der Waals surface area contributed by atoms with Gasteiger partial charge in [-0.15, -0.1) is 0 Å². The van der Waals surface area contributed by atoms with Crippen LogP contribution in [0.25, 0.3) is 17.4 Å². The van der Waals surface area contributed by atoms with Gasteiger partial charge in [-0.1, -0.05) is 12.1 Å². The van der Waals surface area contributed by atoms with Crippen molar-refractivity contribution in [2.75, 3.05) is 33.1 Å². The Balaban J connectivity index is 1.57. The summed E-state index contributed by atoms with van der Waals surface area (Å²) < 4.78 is 18.8. The topological polar surface area (TPSA) is 108 Å². The summed E-state index contributed by atoms with van der Waals surface area (Å²) in [6.45, 7) is 6.14. The zero-order valence-electron chi connectivity index (χ0n) is 21.3. The van der Waals surface area contributed by atoms with Crippen LogP contribution in [0.1, 0.15) is 22.7 Å². The molecular formula is C26H30N6O4. The summed E-state index contributed by atoms with van der Waals surface area (Å²) in [4.78, 5) is 24.0. The molecule has 1 amide bonds. The van der Waals surface area contributed by atoms with E-state index in [2.05, 4.69) is 20.4 Å². The molecule has 0 fully saturated rings. The van der Waals surface area contributed by atoms with E-state index in [1.807, 2.05) is 64.0 Å². The smallest absolute Gasteiger partial charge is 0.263 e. The third kappa shape index (κ3) is 5.72. The first-order valence-corrected chi connectivity index (χ1v) is 11.5. The van der Waals surface area contributed by atoms with E-state index in [-0.39, 0.29) is 12.5 Å². The Labute approximate surface area is 209 Å². The largest absolute Gasteiger partial charge is 0.493 e. The fourth-order valence-corrected chi connectivity index (χ4v) is 3.83. The van der Waals surface area contributed by atoms with Crippen LogP contribution in [0, 0.1) is 20.8 Å². The lowest BCUT2D eigenvalue weighted by molar-refractivity contribution is -0.118. The van der Waals surface area contributed by atoms with Gasteiger partial charge in [0.05, 0.1) is 12.8 Å². The number of rotatable bonds is 9. The molecular weight excluding hydrogens is 460 g/mol. The summed E-state index contributed by atoms with van der Waals surface area (Å²) in [5.74, 6) is 3.08. The molecule has 0 saturated carbocycles. The normalized spacial score (nSPS) is 11.1. The van der Waals surface area contributed by atoms with Crippen LogP contribution in [0.5, 0.6) is 11.5 Å². The minimum absolute atomic E-state index is 0.226. The number of nitrogens with zero attached hydrogens (tertiary/aromatic N) is 5. The second-order valence-electron chi connectivity index (χ2n) is 8.71. The molecule has 3 heterocycles. The number of nitrogens with one attached hydrogen (secondary N) is 1. The van der Waals surface area contributed by atoms with Gasteiger partial charge in [0.15, 0.2) is 35.5 Å². The lowest BCUT2D eigenvalue weighted by Crippen LogP contribution is -2.22. The van der Waals surface area contributed by atoms with E-state index in [1.165, 1.54) is 0 Å². The molecule has 4 aromatic rings. The van der Waals surface area contributed by atoms with Crippen molar-refractivity contribution >= 4 is 11.7 Å². The van der Waals surface area contributed by atoms with Crippen molar-refractivity contribution in [2.24, 2.45) is 0 Å². The number of hydrogen-bond donors (Lipinski definition) is 1. The fraction of sp³-hybridized carbons (Fsp3) is 0.308. The van der Waals surface area contributed by atoms with Gasteiger partial charge in [0, 0.05) is 23.9 Å². The number of hydrogen-bond acceptors (Lipinski definition) is 8. The van der Waals surface area contributed by atoms with Crippen molar-refractivity contribution in [1.82, 2.24) is 24.6 Å². The minimum atomic E-state index is -0.380. The number of furan rings is 1. The SMILES string of the molecule is COc1c(CN(C)C)cccc1OCC(=O)Nc1cc(-n2nc(C)cc2C)nc(-c2ccc(C)o2)n1. The Bertz CT molecular complexity index is 1370. The van der Waals surface area contributed by atoms with E-state index in [9.17, 15) is 4.79 Å². The quantitative estimate of drug-likeness (QED) is 0.376. The second kappa shape index (κ2) is 10.6. The average molecular weight is 491 g/mol. The molecule has 0 aliphatic rings. The number of ether oxygens (including phenoxy) is 2. The summed E-state index contributed by atoms with van der Waals surface area (Å²) in [6, 6.07) is 12.8. The van der Waals surface area contributed by atoms with Gasteiger partial charge in [-0.3, -0.25) is 4.79 Å². The number of anilines is 1. The lowest BCUT2D eigenvalue weighted by Gasteiger charge is -2.17. The highest BCUT2D eigenvalue weighted by molar-refractivity contribution is 5.91. The molecule has 4 rings (SSSR count). The summed E-state index contributed by atoms with van der Waals surface area (Å²) in [7, 11) is 5.53. The molecule has 36 heavy (non-hydrogen) atoms. The molecule has 0 saturated heterocycles.